The van der Waals surface area contributed by atoms with Crippen LogP contribution in [0.4, 0.5) is 4.39 Å². The minimum absolute atomic E-state index is 0.281. The van der Waals surface area contributed by atoms with Gasteiger partial charge in [0, 0.05) is 17.9 Å². The molecule has 1 N–H and O–H groups in total. The van der Waals surface area contributed by atoms with Crippen molar-refractivity contribution in [3.63, 3.8) is 0 Å². The van der Waals surface area contributed by atoms with Gasteiger partial charge in [-0.25, -0.2) is 9.37 Å². The van der Waals surface area contributed by atoms with E-state index in [2.05, 4.69) is 9.97 Å². The van der Waals surface area contributed by atoms with Gasteiger partial charge in [-0.2, -0.15) is 0 Å². The quantitative estimate of drug-likeness (QED) is 0.710. The number of halogens is 1. The molecule has 0 unspecified atom stereocenters. The van der Waals surface area contributed by atoms with Gasteiger partial charge in [0.05, 0.1) is 5.69 Å². The number of H-pyrrole nitrogens is 1. The van der Waals surface area contributed by atoms with Gasteiger partial charge in [0.2, 0.25) is 0 Å². The molecule has 96 valence electrons. The van der Waals surface area contributed by atoms with E-state index in [0.717, 1.165) is 23.3 Å². The van der Waals surface area contributed by atoms with Crippen molar-refractivity contribution in [3.05, 3.63) is 46.6 Å². The number of nitrogens with one attached hydrogen (secondary N) is 1. The fourth-order valence-corrected chi connectivity index (χ4v) is 2.18. The Hall–Kier alpha value is -2.01. The molecule has 3 nitrogen and oxygen atoms in total. The van der Waals surface area contributed by atoms with E-state index >= 15 is 0 Å². The Morgan fingerprint density at radius 2 is 2.16 bits per heavy atom. The van der Waals surface area contributed by atoms with Crippen molar-refractivity contribution in [2.24, 2.45) is 0 Å². The molecule has 0 aliphatic carbocycles. The Bertz CT molecular complexity index is 807. The molecule has 0 spiro atoms. The van der Waals surface area contributed by atoms with E-state index in [4.69, 9.17) is 16.6 Å². The maximum absolute atomic E-state index is 13.2. The summed E-state index contributed by atoms with van der Waals surface area (Å²) < 4.78 is 19.4. The Balaban J connectivity index is 2.18. The van der Waals surface area contributed by atoms with Gasteiger partial charge in [-0.05, 0) is 24.3 Å². The first kappa shape index (κ1) is 12.0. The van der Waals surface area contributed by atoms with E-state index in [1.165, 1.54) is 12.1 Å². The van der Waals surface area contributed by atoms with Crippen LogP contribution in [0.5, 0.6) is 0 Å². The van der Waals surface area contributed by atoms with Gasteiger partial charge in [0.25, 0.3) is 0 Å². The van der Waals surface area contributed by atoms with Crippen LogP contribution >= 0.6 is 12.2 Å². The van der Waals surface area contributed by atoms with Gasteiger partial charge in [0.15, 0.2) is 5.76 Å². The molecule has 2 aromatic heterocycles. The Labute approximate surface area is 114 Å². The van der Waals surface area contributed by atoms with Crippen LogP contribution in [-0.2, 0) is 6.42 Å². The number of aryl methyl sites for hydroxylation is 1. The summed E-state index contributed by atoms with van der Waals surface area (Å²) in [5, 5.41) is 0.726. The Morgan fingerprint density at radius 3 is 2.95 bits per heavy atom. The highest BCUT2D eigenvalue weighted by Crippen LogP contribution is 2.27. The highest BCUT2D eigenvalue weighted by atomic mass is 32.1. The zero-order valence-corrected chi connectivity index (χ0v) is 11.1. The predicted molar refractivity (Wildman–Crippen MR) is 74.0 cm³/mol. The summed E-state index contributed by atoms with van der Waals surface area (Å²) in [6, 6.07) is 7.96. The maximum Gasteiger partial charge on any atom is 0.151 e. The standard InChI is InChI=1S/C14H11FN2OS/c1-2-13-16-10(7-14(19)17-13)12-6-8-5-9(15)3-4-11(8)18-12/h3-7H,2H2,1H3,(H,16,17,19). The van der Waals surface area contributed by atoms with E-state index < -0.39 is 0 Å². The number of fused-ring (bicyclic) bond motifs is 1. The predicted octanol–water partition coefficient (Wildman–Crippen LogP) is 4.25. The second kappa shape index (κ2) is 4.59. The molecule has 0 radical (unpaired) electrons. The van der Waals surface area contributed by atoms with Crippen molar-refractivity contribution in [2.45, 2.75) is 13.3 Å². The summed E-state index contributed by atoms with van der Waals surface area (Å²) in [6.07, 6.45) is 0.756. The molecule has 0 amide bonds. The summed E-state index contributed by atoms with van der Waals surface area (Å²) in [6.45, 7) is 1.99. The Kier molecular flexibility index (Phi) is 2.91. The number of aromatic nitrogens is 2. The number of furan rings is 1. The molecule has 0 saturated carbocycles. The summed E-state index contributed by atoms with van der Waals surface area (Å²) in [5.41, 5.74) is 1.40. The van der Waals surface area contributed by atoms with E-state index in [0.29, 0.717) is 16.0 Å². The molecule has 5 heteroatoms. The van der Waals surface area contributed by atoms with Crippen LogP contribution in [0.15, 0.2) is 34.7 Å². The van der Waals surface area contributed by atoms with Gasteiger partial charge in [-0.1, -0.05) is 19.1 Å². The first-order valence-corrected chi connectivity index (χ1v) is 6.36. The highest BCUT2D eigenvalue weighted by Gasteiger charge is 2.08. The second-order valence-corrected chi connectivity index (χ2v) is 4.64. The molecule has 0 saturated heterocycles. The Morgan fingerprint density at radius 1 is 1.32 bits per heavy atom. The highest BCUT2D eigenvalue weighted by molar-refractivity contribution is 7.71. The lowest BCUT2D eigenvalue weighted by molar-refractivity contribution is 0.617. The van der Waals surface area contributed by atoms with Crippen molar-refractivity contribution in [1.29, 1.82) is 0 Å². The maximum atomic E-state index is 13.2. The third kappa shape index (κ3) is 2.29. The van der Waals surface area contributed by atoms with Gasteiger partial charge in [0.1, 0.15) is 21.9 Å². The number of hydrogen-bond acceptors (Lipinski definition) is 3. The fraction of sp³-hybridized carbons (Fsp3) is 0.143. The largest absolute Gasteiger partial charge is 0.455 e. The molecule has 0 atom stereocenters. The third-order valence-corrected chi connectivity index (χ3v) is 3.08. The van der Waals surface area contributed by atoms with Crippen molar-refractivity contribution in [3.8, 4) is 11.5 Å². The zero-order valence-electron chi connectivity index (χ0n) is 10.2. The van der Waals surface area contributed by atoms with Crippen LogP contribution in [0.3, 0.4) is 0 Å². The molecular weight excluding hydrogens is 263 g/mol. The molecule has 0 aliphatic heterocycles. The molecule has 0 bridgehead atoms. The molecule has 0 aliphatic rings. The lowest BCUT2D eigenvalue weighted by Crippen LogP contribution is -1.94. The fourth-order valence-electron chi connectivity index (χ4n) is 1.96. The first-order valence-electron chi connectivity index (χ1n) is 5.95. The van der Waals surface area contributed by atoms with Crippen LogP contribution in [0.25, 0.3) is 22.4 Å². The molecule has 3 aromatic rings. The van der Waals surface area contributed by atoms with Crippen LogP contribution in [0.2, 0.25) is 0 Å². The number of hydrogen-bond donors (Lipinski definition) is 1. The molecule has 19 heavy (non-hydrogen) atoms. The second-order valence-electron chi connectivity index (χ2n) is 4.23. The average Bonchev–Trinajstić information content (AvgIpc) is 2.80. The minimum atomic E-state index is -0.281. The number of benzene rings is 1. The molecule has 1 aromatic carbocycles. The van der Waals surface area contributed by atoms with Gasteiger partial charge >= 0.3 is 0 Å². The van der Waals surface area contributed by atoms with E-state index in [1.807, 2.05) is 6.92 Å². The van der Waals surface area contributed by atoms with E-state index in [-0.39, 0.29) is 5.82 Å². The smallest absolute Gasteiger partial charge is 0.151 e. The summed E-state index contributed by atoms with van der Waals surface area (Å²) in [4.78, 5) is 7.36. The topological polar surface area (TPSA) is 41.8 Å². The molecule has 3 rings (SSSR count). The summed E-state index contributed by atoms with van der Waals surface area (Å²) in [7, 11) is 0. The van der Waals surface area contributed by atoms with Gasteiger partial charge in [-0.15, -0.1) is 0 Å². The summed E-state index contributed by atoms with van der Waals surface area (Å²) >= 11 is 5.12. The third-order valence-electron chi connectivity index (χ3n) is 2.87. The average molecular weight is 274 g/mol. The molecule has 0 fully saturated rings. The van der Waals surface area contributed by atoms with E-state index in [9.17, 15) is 4.39 Å². The first-order chi connectivity index (χ1) is 9.15. The monoisotopic (exact) mass is 274 g/mol. The molecule has 2 heterocycles. The van der Waals surface area contributed by atoms with Crippen LogP contribution in [0, 0.1) is 10.5 Å². The normalized spacial score (nSPS) is 11.1. The lowest BCUT2D eigenvalue weighted by atomic mass is 10.2. The summed E-state index contributed by atoms with van der Waals surface area (Å²) in [5.74, 6) is 1.15. The van der Waals surface area contributed by atoms with Crippen LogP contribution in [-0.4, -0.2) is 9.97 Å². The number of nitrogens with zero attached hydrogens (tertiary/aromatic N) is 1. The minimum Gasteiger partial charge on any atom is -0.455 e. The van der Waals surface area contributed by atoms with Crippen molar-refractivity contribution >= 4 is 23.2 Å². The van der Waals surface area contributed by atoms with E-state index in [1.54, 1.807) is 18.2 Å². The lowest BCUT2D eigenvalue weighted by Gasteiger charge is -2.00. The van der Waals surface area contributed by atoms with Crippen molar-refractivity contribution in [1.82, 2.24) is 9.97 Å². The van der Waals surface area contributed by atoms with Crippen LogP contribution < -0.4 is 0 Å². The van der Waals surface area contributed by atoms with Crippen LogP contribution in [0.1, 0.15) is 12.7 Å². The van der Waals surface area contributed by atoms with Gasteiger partial charge in [-0.3, -0.25) is 0 Å². The molecular formula is C14H11FN2OS. The van der Waals surface area contributed by atoms with Crippen molar-refractivity contribution in [2.75, 3.05) is 0 Å². The zero-order chi connectivity index (χ0) is 13.4. The number of rotatable bonds is 2. The van der Waals surface area contributed by atoms with Crippen molar-refractivity contribution < 1.29 is 8.81 Å². The SMILES string of the molecule is CCc1nc(=S)cc(-c2cc3cc(F)ccc3o2)[nH]1. The number of aromatic amines is 1. The van der Waals surface area contributed by atoms with Gasteiger partial charge < -0.3 is 9.40 Å².